The van der Waals surface area contributed by atoms with Gasteiger partial charge in [-0.15, -0.1) is 0 Å². The summed E-state index contributed by atoms with van der Waals surface area (Å²) in [7, 11) is 0. The van der Waals surface area contributed by atoms with Gasteiger partial charge in [-0.3, -0.25) is 9.59 Å². The zero-order valence-corrected chi connectivity index (χ0v) is 15.9. The Balaban J connectivity index is 1.53. The maximum atomic E-state index is 12.5. The van der Waals surface area contributed by atoms with E-state index in [1.54, 1.807) is 54.6 Å². The van der Waals surface area contributed by atoms with Crippen LogP contribution in [0.5, 0.6) is 5.75 Å². The Labute approximate surface area is 169 Å². The number of para-hydroxylation sites is 1. The van der Waals surface area contributed by atoms with Crippen LogP contribution in [-0.2, 0) is 4.79 Å². The normalized spacial score (nSPS) is 10.9. The molecule has 0 atom stereocenters. The second kappa shape index (κ2) is 7.54. The summed E-state index contributed by atoms with van der Waals surface area (Å²) in [4.78, 5) is 24.7. The minimum absolute atomic E-state index is 0.115. The molecule has 3 aromatic carbocycles. The number of ether oxygens (including phenoxy) is 1. The van der Waals surface area contributed by atoms with Crippen LogP contribution in [0.1, 0.15) is 0 Å². The van der Waals surface area contributed by atoms with Crippen molar-refractivity contribution in [3.05, 3.63) is 80.9 Å². The molecule has 0 unspecified atom stereocenters. The van der Waals surface area contributed by atoms with E-state index in [0.717, 1.165) is 0 Å². The second-order valence-corrected chi connectivity index (χ2v) is 6.89. The first-order valence-corrected chi connectivity index (χ1v) is 9.10. The molecule has 0 aliphatic heterocycles. The fraction of sp³-hybridized carbons (Fsp3) is 0.0476. The van der Waals surface area contributed by atoms with Crippen molar-refractivity contribution < 1.29 is 13.9 Å². The van der Waals surface area contributed by atoms with Crippen molar-refractivity contribution in [2.45, 2.75) is 0 Å². The van der Waals surface area contributed by atoms with E-state index in [-0.39, 0.29) is 17.9 Å². The van der Waals surface area contributed by atoms with Crippen LogP contribution < -0.4 is 15.5 Å². The number of rotatable bonds is 4. The molecule has 4 aromatic rings. The highest BCUT2D eigenvalue weighted by Gasteiger charge is 2.10. The largest absolute Gasteiger partial charge is 0.482 e. The van der Waals surface area contributed by atoms with Crippen LogP contribution in [0.25, 0.3) is 21.9 Å². The summed E-state index contributed by atoms with van der Waals surface area (Å²) >= 11 is 11.8. The third kappa shape index (κ3) is 3.67. The van der Waals surface area contributed by atoms with Gasteiger partial charge in [0.15, 0.2) is 6.61 Å². The van der Waals surface area contributed by atoms with Crippen LogP contribution in [0.4, 0.5) is 5.69 Å². The van der Waals surface area contributed by atoms with Crippen LogP contribution in [-0.4, -0.2) is 12.5 Å². The number of halogens is 2. The Morgan fingerprint density at radius 2 is 1.75 bits per heavy atom. The van der Waals surface area contributed by atoms with E-state index in [1.165, 1.54) is 6.07 Å². The first kappa shape index (κ1) is 18.3. The molecule has 1 aromatic heterocycles. The Morgan fingerprint density at radius 1 is 0.964 bits per heavy atom. The molecule has 140 valence electrons. The highest BCUT2D eigenvalue weighted by atomic mass is 35.5. The molecule has 0 spiro atoms. The number of anilines is 1. The average molecular weight is 414 g/mol. The fourth-order valence-electron chi connectivity index (χ4n) is 2.81. The van der Waals surface area contributed by atoms with Gasteiger partial charge in [-0.1, -0.05) is 35.3 Å². The van der Waals surface area contributed by atoms with Crippen molar-refractivity contribution in [3.8, 4) is 5.75 Å². The van der Waals surface area contributed by atoms with E-state index in [2.05, 4.69) is 5.32 Å². The number of amides is 1. The van der Waals surface area contributed by atoms with Gasteiger partial charge in [0.25, 0.3) is 5.91 Å². The molecule has 1 N–H and O–H groups in total. The van der Waals surface area contributed by atoms with Gasteiger partial charge in [0.2, 0.25) is 5.43 Å². The highest BCUT2D eigenvalue weighted by Crippen LogP contribution is 2.27. The van der Waals surface area contributed by atoms with Crippen molar-refractivity contribution >= 4 is 56.7 Å². The third-order valence-electron chi connectivity index (χ3n) is 4.11. The fourth-order valence-corrected chi connectivity index (χ4v) is 3.27. The Hall–Kier alpha value is -3.02. The summed E-state index contributed by atoms with van der Waals surface area (Å²) in [5.41, 5.74) is 1.25. The number of benzene rings is 3. The molecular weight excluding hydrogens is 401 g/mol. The topological polar surface area (TPSA) is 68.5 Å². The van der Waals surface area contributed by atoms with E-state index in [9.17, 15) is 9.59 Å². The summed E-state index contributed by atoms with van der Waals surface area (Å²) in [6.07, 6.45) is 0. The van der Waals surface area contributed by atoms with E-state index in [4.69, 9.17) is 32.4 Å². The van der Waals surface area contributed by atoms with E-state index < -0.39 is 0 Å². The van der Waals surface area contributed by atoms with Gasteiger partial charge in [-0.25, -0.2) is 0 Å². The number of hydrogen-bond donors (Lipinski definition) is 1. The lowest BCUT2D eigenvalue weighted by molar-refractivity contribution is -0.118. The summed E-state index contributed by atoms with van der Waals surface area (Å²) in [5, 5.41) is 4.46. The lowest BCUT2D eigenvalue weighted by atomic mass is 10.1. The summed E-state index contributed by atoms with van der Waals surface area (Å²) in [6.45, 7) is -0.235. The summed E-state index contributed by atoms with van der Waals surface area (Å²) in [6, 6.07) is 16.6. The monoisotopic (exact) mass is 413 g/mol. The second-order valence-electron chi connectivity index (χ2n) is 6.05. The molecule has 0 aliphatic carbocycles. The Kier molecular flexibility index (Phi) is 4.94. The van der Waals surface area contributed by atoms with Gasteiger partial charge >= 0.3 is 0 Å². The molecule has 4 rings (SSSR count). The highest BCUT2D eigenvalue weighted by molar-refractivity contribution is 6.35. The molecule has 5 nitrogen and oxygen atoms in total. The first-order valence-electron chi connectivity index (χ1n) is 8.34. The van der Waals surface area contributed by atoms with Crippen molar-refractivity contribution in [1.82, 2.24) is 0 Å². The molecule has 1 amide bonds. The number of carbonyl (C=O) groups excluding carboxylic acids is 1. The van der Waals surface area contributed by atoms with Crippen molar-refractivity contribution in [2.75, 3.05) is 11.9 Å². The maximum Gasteiger partial charge on any atom is 0.262 e. The standard InChI is InChI=1S/C21H13Cl2NO4/c22-12-5-8-18(16(23)9-12)27-11-20(25)24-13-6-7-15-19(10-13)28-17-4-2-1-3-14(17)21(15)26/h1-10H,11H2,(H,24,25). The van der Waals surface area contributed by atoms with Crippen LogP contribution in [0.15, 0.2) is 69.9 Å². The molecule has 0 bridgehead atoms. The predicted octanol–water partition coefficient (Wildman–Crippen LogP) is 5.27. The van der Waals surface area contributed by atoms with Gasteiger partial charge in [0.1, 0.15) is 16.9 Å². The van der Waals surface area contributed by atoms with Gasteiger partial charge < -0.3 is 14.5 Å². The summed E-state index contributed by atoms with van der Waals surface area (Å²) in [5.74, 6) is -0.0225. The SMILES string of the molecule is O=C(COc1ccc(Cl)cc1Cl)Nc1ccc2c(=O)c3ccccc3oc2c1. The van der Waals surface area contributed by atoms with Crippen molar-refractivity contribution in [2.24, 2.45) is 0 Å². The maximum absolute atomic E-state index is 12.5. The molecule has 7 heteroatoms. The smallest absolute Gasteiger partial charge is 0.262 e. The Morgan fingerprint density at radius 3 is 2.57 bits per heavy atom. The third-order valence-corrected chi connectivity index (χ3v) is 4.64. The molecule has 1 heterocycles. The minimum Gasteiger partial charge on any atom is -0.482 e. The van der Waals surface area contributed by atoms with Crippen LogP contribution >= 0.6 is 23.2 Å². The lowest BCUT2D eigenvalue weighted by Gasteiger charge is -2.09. The van der Waals surface area contributed by atoms with E-state index in [0.29, 0.717) is 43.4 Å². The average Bonchev–Trinajstić information content (AvgIpc) is 2.67. The zero-order valence-electron chi connectivity index (χ0n) is 14.4. The molecule has 0 saturated heterocycles. The van der Waals surface area contributed by atoms with Gasteiger partial charge in [0.05, 0.1) is 15.8 Å². The van der Waals surface area contributed by atoms with Crippen LogP contribution in [0.3, 0.4) is 0 Å². The molecule has 28 heavy (non-hydrogen) atoms. The molecule has 0 radical (unpaired) electrons. The molecular formula is C21H13Cl2NO4. The van der Waals surface area contributed by atoms with Crippen molar-refractivity contribution in [3.63, 3.8) is 0 Å². The van der Waals surface area contributed by atoms with Gasteiger partial charge in [-0.05, 0) is 42.5 Å². The Bertz CT molecular complexity index is 1270. The number of fused-ring (bicyclic) bond motifs is 2. The number of nitrogens with one attached hydrogen (secondary N) is 1. The van der Waals surface area contributed by atoms with Crippen molar-refractivity contribution in [1.29, 1.82) is 0 Å². The van der Waals surface area contributed by atoms with Gasteiger partial charge in [0, 0.05) is 16.8 Å². The first-order chi connectivity index (χ1) is 13.5. The zero-order chi connectivity index (χ0) is 19.7. The molecule has 0 fully saturated rings. The molecule has 0 aliphatic rings. The van der Waals surface area contributed by atoms with E-state index >= 15 is 0 Å². The van der Waals surface area contributed by atoms with Gasteiger partial charge in [-0.2, -0.15) is 0 Å². The van der Waals surface area contributed by atoms with Crippen LogP contribution in [0.2, 0.25) is 10.0 Å². The summed E-state index contributed by atoms with van der Waals surface area (Å²) < 4.78 is 11.2. The van der Waals surface area contributed by atoms with E-state index in [1.807, 2.05) is 0 Å². The van der Waals surface area contributed by atoms with Crippen LogP contribution in [0, 0.1) is 0 Å². The predicted molar refractivity (Wildman–Crippen MR) is 111 cm³/mol. The number of carbonyl (C=O) groups is 1. The molecule has 0 saturated carbocycles. The quantitative estimate of drug-likeness (QED) is 0.462. The number of hydrogen-bond acceptors (Lipinski definition) is 4. The minimum atomic E-state index is -0.381. The lowest BCUT2D eigenvalue weighted by Crippen LogP contribution is -2.20.